The van der Waals surface area contributed by atoms with Gasteiger partial charge in [-0.2, -0.15) is 5.26 Å². The van der Waals surface area contributed by atoms with Gasteiger partial charge in [-0.3, -0.25) is 0 Å². The van der Waals surface area contributed by atoms with Gasteiger partial charge in [0.05, 0.1) is 5.56 Å². The highest BCUT2D eigenvalue weighted by Crippen LogP contribution is 2.16. The number of benzene rings is 1. The second-order valence-electron chi connectivity index (χ2n) is 5.32. The van der Waals surface area contributed by atoms with Crippen molar-refractivity contribution in [2.24, 2.45) is 5.92 Å². The van der Waals surface area contributed by atoms with Crippen molar-refractivity contribution in [2.45, 2.75) is 33.3 Å². The van der Waals surface area contributed by atoms with Crippen LogP contribution in [0.1, 0.15) is 32.8 Å². The monoisotopic (exact) mass is 305 g/mol. The molecule has 0 aliphatic carbocycles. The first-order valence-corrected chi connectivity index (χ1v) is 7.44. The molecule has 0 aromatic heterocycles. The molecule has 1 atom stereocenters. The zero-order valence-corrected chi connectivity index (χ0v) is 13.4. The molecule has 0 saturated heterocycles. The van der Waals surface area contributed by atoms with E-state index in [0.717, 1.165) is 6.42 Å². The fraction of sp³-hybridized carbons (Fsp3) is 0.529. The maximum Gasteiger partial charge on any atom is 0.335 e. The molecule has 1 unspecified atom stereocenters. The van der Waals surface area contributed by atoms with Gasteiger partial charge in [-0.1, -0.05) is 26.0 Å². The van der Waals surface area contributed by atoms with E-state index in [1.165, 1.54) is 0 Å². The molecule has 1 aromatic rings. The minimum Gasteiger partial charge on any atom is -0.489 e. The van der Waals surface area contributed by atoms with Gasteiger partial charge >= 0.3 is 5.97 Å². The van der Waals surface area contributed by atoms with Crippen LogP contribution in [0.2, 0.25) is 0 Å². The highest BCUT2D eigenvalue weighted by Gasteiger charge is 2.15. The number of nitriles is 1. The van der Waals surface area contributed by atoms with Crippen LogP contribution < -0.4 is 4.74 Å². The third-order valence-corrected chi connectivity index (χ3v) is 2.99. The van der Waals surface area contributed by atoms with Crippen molar-refractivity contribution in [1.29, 1.82) is 5.26 Å². The van der Waals surface area contributed by atoms with Crippen LogP contribution in [0.5, 0.6) is 5.75 Å². The van der Waals surface area contributed by atoms with Crippen LogP contribution in [-0.4, -0.2) is 31.9 Å². The standard InChI is InChI=1S/C17H23NO4/c1-13(2)8-9-20-14(3)17(19)22-11-10-21-16-7-5-4-6-15(16)12-18/h4-7,13-14H,8-11H2,1-3H3. The van der Waals surface area contributed by atoms with Crippen LogP contribution in [-0.2, 0) is 14.3 Å². The van der Waals surface area contributed by atoms with Crippen molar-refractivity contribution in [3.63, 3.8) is 0 Å². The highest BCUT2D eigenvalue weighted by molar-refractivity contribution is 5.74. The second-order valence-corrected chi connectivity index (χ2v) is 5.32. The topological polar surface area (TPSA) is 68.6 Å². The molecule has 0 N–H and O–H groups in total. The summed E-state index contributed by atoms with van der Waals surface area (Å²) in [6.45, 7) is 6.74. The normalized spacial score (nSPS) is 11.8. The second kappa shape index (κ2) is 9.80. The molecule has 0 spiro atoms. The Hall–Kier alpha value is -2.06. The first-order valence-electron chi connectivity index (χ1n) is 7.44. The molecule has 0 fully saturated rings. The molecule has 0 saturated carbocycles. The van der Waals surface area contributed by atoms with Crippen molar-refractivity contribution < 1.29 is 19.0 Å². The van der Waals surface area contributed by atoms with Crippen molar-refractivity contribution >= 4 is 5.97 Å². The molecule has 0 heterocycles. The first-order chi connectivity index (χ1) is 10.5. The van der Waals surface area contributed by atoms with Gasteiger partial charge in [-0.15, -0.1) is 0 Å². The molecule has 1 rings (SSSR count). The Morgan fingerprint density at radius 1 is 1.18 bits per heavy atom. The molecule has 120 valence electrons. The molecule has 5 nitrogen and oxygen atoms in total. The van der Waals surface area contributed by atoms with Crippen molar-refractivity contribution in [3.8, 4) is 11.8 Å². The van der Waals surface area contributed by atoms with Crippen LogP contribution in [0, 0.1) is 17.2 Å². The van der Waals surface area contributed by atoms with Gasteiger partial charge in [-0.25, -0.2) is 4.79 Å². The van der Waals surface area contributed by atoms with Gasteiger partial charge in [0.2, 0.25) is 0 Å². The van der Waals surface area contributed by atoms with E-state index in [9.17, 15) is 4.79 Å². The third-order valence-electron chi connectivity index (χ3n) is 2.99. The van der Waals surface area contributed by atoms with Gasteiger partial charge in [0.1, 0.15) is 25.0 Å². The van der Waals surface area contributed by atoms with E-state index in [0.29, 0.717) is 23.8 Å². The number of carbonyl (C=O) groups is 1. The summed E-state index contributed by atoms with van der Waals surface area (Å²) in [7, 11) is 0. The van der Waals surface area contributed by atoms with E-state index in [-0.39, 0.29) is 13.2 Å². The van der Waals surface area contributed by atoms with Gasteiger partial charge in [0, 0.05) is 6.61 Å². The summed E-state index contributed by atoms with van der Waals surface area (Å²) in [5.74, 6) is 0.625. The van der Waals surface area contributed by atoms with Crippen LogP contribution in [0.3, 0.4) is 0 Å². The van der Waals surface area contributed by atoms with Crippen LogP contribution in [0.25, 0.3) is 0 Å². The summed E-state index contributed by atoms with van der Waals surface area (Å²) < 4.78 is 15.9. The molecule has 22 heavy (non-hydrogen) atoms. The summed E-state index contributed by atoms with van der Waals surface area (Å²) >= 11 is 0. The average Bonchev–Trinajstić information content (AvgIpc) is 2.51. The maximum atomic E-state index is 11.7. The van der Waals surface area contributed by atoms with E-state index < -0.39 is 12.1 Å². The lowest BCUT2D eigenvalue weighted by Crippen LogP contribution is -2.25. The number of carbonyl (C=O) groups excluding carboxylic acids is 1. The lowest BCUT2D eigenvalue weighted by Gasteiger charge is -2.14. The van der Waals surface area contributed by atoms with Crippen molar-refractivity contribution in [3.05, 3.63) is 29.8 Å². The fourth-order valence-electron chi connectivity index (χ4n) is 1.64. The van der Waals surface area contributed by atoms with Crippen molar-refractivity contribution in [1.82, 2.24) is 0 Å². The summed E-state index contributed by atoms with van der Waals surface area (Å²) in [6, 6.07) is 8.97. The number of esters is 1. The number of para-hydroxylation sites is 1. The largest absolute Gasteiger partial charge is 0.489 e. The minimum atomic E-state index is -0.579. The molecule has 5 heteroatoms. The molecular formula is C17H23NO4. The molecule has 0 amide bonds. The molecule has 1 aromatic carbocycles. The number of hydrogen-bond acceptors (Lipinski definition) is 5. The number of rotatable bonds is 9. The average molecular weight is 305 g/mol. The van der Waals surface area contributed by atoms with E-state index in [1.54, 1.807) is 31.2 Å². The predicted octanol–water partition coefficient (Wildman–Crippen LogP) is 2.93. The minimum absolute atomic E-state index is 0.122. The Morgan fingerprint density at radius 3 is 2.59 bits per heavy atom. The predicted molar refractivity (Wildman–Crippen MR) is 82.5 cm³/mol. The summed E-state index contributed by atoms with van der Waals surface area (Å²) in [5, 5.41) is 8.93. The number of nitrogens with zero attached hydrogens (tertiary/aromatic N) is 1. The Balaban J connectivity index is 2.23. The van der Waals surface area contributed by atoms with Gasteiger partial charge in [-0.05, 0) is 31.4 Å². The summed E-state index contributed by atoms with van der Waals surface area (Å²) in [6.07, 6.45) is 0.330. The maximum absolute atomic E-state index is 11.7. The summed E-state index contributed by atoms with van der Waals surface area (Å²) in [4.78, 5) is 11.7. The van der Waals surface area contributed by atoms with E-state index >= 15 is 0 Å². The highest BCUT2D eigenvalue weighted by atomic mass is 16.6. The van der Waals surface area contributed by atoms with E-state index in [4.69, 9.17) is 19.5 Å². The molecule has 0 aliphatic heterocycles. The zero-order chi connectivity index (χ0) is 16.4. The van der Waals surface area contributed by atoms with Gasteiger partial charge in [0.15, 0.2) is 6.10 Å². The Kier molecular flexibility index (Phi) is 8.01. The Morgan fingerprint density at radius 2 is 1.91 bits per heavy atom. The smallest absolute Gasteiger partial charge is 0.335 e. The van der Waals surface area contributed by atoms with Crippen LogP contribution in [0.4, 0.5) is 0 Å². The molecular weight excluding hydrogens is 282 g/mol. The number of hydrogen-bond donors (Lipinski definition) is 0. The van der Waals surface area contributed by atoms with Gasteiger partial charge in [0.25, 0.3) is 0 Å². The lowest BCUT2D eigenvalue weighted by atomic mass is 10.1. The Labute approximate surface area is 131 Å². The van der Waals surface area contributed by atoms with Gasteiger partial charge < -0.3 is 14.2 Å². The van der Waals surface area contributed by atoms with E-state index in [1.807, 2.05) is 6.07 Å². The van der Waals surface area contributed by atoms with Crippen LogP contribution in [0.15, 0.2) is 24.3 Å². The molecule has 0 radical (unpaired) electrons. The van der Waals surface area contributed by atoms with Crippen LogP contribution >= 0.6 is 0 Å². The Bertz CT molecular complexity index is 508. The zero-order valence-electron chi connectivity index (χ0n) is 13.4. The number of ether oxygens (including phenoxy) is 3. The first kappa shape index (κ1) is 18.0. The SMILES string of the molecule is CC(C)CCOC(C)C(=O)OCCOc1ccccc1C#N. The summed E-state index contributed by atoms with van der Waals surface area (Å²) in [5.41, 5.74) is 0.458. The van der Waals surface area contributed by atoms with E-state index in [2.05, 4.69) is 13.8 Å². The quantitative estimate of drug-likeness (QED) is 0.518. The third kappa shape index (κ3) is 6.59. The van der Waals surface area contributed by atoms with Crippen molar-refractivity contribution in [2.75, 3.05) is 19.8 Å². The molecule has 0 bridgehead atoms. The molecule has 0 aliphatic rings. The lowest BCUT2D eigenvalue weighted by molar-refractivity contribution is -0.156. The fourth-order valence-corrected chi connectivity index (χ4v) is 1.64.